The molecule has 0 N–H and O–H groups in total. The highest BCUT2D eigenvalue weighted by Crippen LogP contribution is 2.43. The lowest BCUT2D eigenvalue weighted by atomic mass is 9.84. The van der Waals surface area contributed by atoms with Crippen molar-refractivity contribution < 1.29 is 18.6 Å². The van der Waals surface area contributed by atoms with E-state index in [2.05, 4.69) is 31.8 Å². The van der Waals surface area contributed by atoms with Crippen molar-refractivity contribution in [3.63, 3.8) is 0 Å². The molecule has 0 aliphatic heterocycles. The molecule has 39 heavy (non-hydrogen) atoms. The van der Waals surface area contributed by atoms with Gasteiger partial charge in [0.25, 0.3) is 0 Å². The van der Waals surface area contributed by atoms with Crippen LogP contribution in [0.5, 0.6) is 23.0 Å². The van der Waals surface area contributed by atoms with Crippen LogP contribution in [0.1, 0.15) is 37.5 Å². The number of nitrogens with zero attached hydrogens (tertiary/aromatic N) is 2. The smallest absolute Gasteiger partial charge is 0.169 e. The zero-order valence-electron chi connectivity index (χ0n) is 22.8. The lowest BCUT2D eigenvalue weighted by Gasteiger charge is -2.24. The number of fused-ring (bicyclic) bond motifs is 1. The molecular formula is C33H31FN2O3. The maximum absolute atomic E-state index is 13.9. The minimum absolute atomic E-state index is 0.124. The summed E-state index contributed by atoms with van der Waals surface area (Å²) in [6.07, 6.45) is 3.49. The van der Waals surface area contributed by atoms with Crippen LogP contribution in [0.15, 0.2) is 85.2 Å². The summed E-state index contributed by atoms with van der Waals surface area (Å²) in [6.45, 7) is 8.91. The molecule has 3 aromatic carbocycles. The van der Waals surface area contributed by atoms with E-state index >= 15 is 0 Å². The highest BCUT2D eigenvalue weighted by Gasteiger charge is 2.22. The first-order valence-corrected chi connectivity index (χ1v) is 12.8. The molecular weight excluding hydrogens is 491 g/mol. The summed E-state index contributed by atoms with van der Waals surface area (Å²) in [5, 5.41) is 0.823. The van der Waals surface area contributed by atoms with Gasteiger partial charge in [-0.1, -0.05) is 57.2 Å². The fraction of sp³-hybridized carbons (Fsp3) is 0.212. The van der Waals surface area contributed by atoms with E-state index < -0.39 is 5.82 Å². The van der Waals surface area contributed by atoms with Crippen LogP contribution in [0.25, 0.3) is 22.2 Å². The normalized spacial score (nSPS) is 11.4. The molecule has 0 radical (unpaired) electrons. The van der Waals surface area contributed by atoms with Gasteiger partial charge < -0.3 is 14.2 Å². The number of aryl methyl sites for hydroxylation is 1. The number of aromatic nitrogens is 2. The molecule has 5 rings (SSSR count). The highest BCUT2D eigenvalue weighted by molar-refractivity contribution is 5.88. The van der Waals surface area contributed by atoms with Crippen molar-refractivity contribution in [3.05, 3.63) is 108 Å². The molecule has 0 saturated heterocycles. The maximum atomic E-state index is 13.9. The molecule has 0 unspecified atom stereocenters. The number of benzene rings is 3. The quantitative estimate of drug-likeness (QED) is 0.215. The van der Waals surface area contributed by atoms with Crippen molar-refractivity contribution in [2.24, 2.45) is 0 Å². The zero-order valence-corrected chi connectivity index (χ0v) is 22.8. The average Bonchev–Trinajstić information content (AvgIpc) is 2.92. The van der Waals surface area contributed by atoms with Crippen molar-refractivity contribution >= 4 is 10.9 Å². The third kappa shape index (κ3) is 5.70. The molecule has 0 aliphatic rings. The Morgan fingerprint density at radius 1 is 0.846 bits per heavy atom. The van der Waals surface area contributed by atoms with Crippen LogP contribution in [0.2, 0.25) is 0 Å². The monoisotopic (exact) mass is 522 g/mol. The van der Waals surface area contributed by atoms with Gasteiger partial charge in [-0.2, -0.15) is 0 Å². The van der Waals surface area contributed by atoms with Crippen molar-refractivity contribution in [3.8, 4) is 34.3 Å². The Bertz CT molecular complexity index is 1630. The summed E-state index contributed by atoms with van der Waals surface area (Å²) < 4.78 is 32.1. The van der Waals surface area contributed by atoms with Gasteiger partial charge in [-0.15, -0.1) is 0 Å². The molecule has 5 aromatic rings. The topological polar surface area (TPSA) is 53.5 Å². The van der Waals surface area contributed by atoms with Crippen molar-refractivity contribution in [2.45, 2.75) is 39.7 Å². The van der Waals surface area contributed by atoms with Gasteiger partial charge >= 0.3 is 0 Å². The van der Waals surface area contributed by atoms with Crippen molar-refractivity contribution in [1.82, 2.24) is 9.97 Å². The lowest BCUT2D eigenvalue weighted by molar-refractivity contribution is 0.310. The number of methoxy groups -OCH3 is 1. The summed E-state index contributed by atoms with van der Waals surface area (Å²) in [5.74, 6) is 1.60. The second kappa shape index (κ2) is 10.7. The van der Waals surface area contributed by atoms with Gasteiger partial charge in [0.05, 0.1) is 23.7 Å². The highest BCUT2D eigenvalue weighted by atomic mass is 19.1. The molecule has 0 atom stereocenters. The second-order valence-electron chi connectivity index (χ2n) is 10.5. The van der Waals surface area contributed by atoms with Gasteiger partial charge in [-0.3, -0.25) is 4.98 Å². The zero-order chi connectivity index (χ0) is 27.6. The Morgan fingerprint density at radius 2 is 1.64 bits per heavy atom. The van der Waals surface area contributed by atoms with E-state index in [-0.39, 0.29) is 5.41 Å². The fourth-order valence-electron chi connectivity index (χ4n) is 4.46. The van der Waals surface area contributed by atoms with E-state index in [1.807, 2.05) is 55.5 Å². The Kier molecular flexibility index (Phi) is 7.20. The summed E-state index contributed by atoms with van der Waals surface area (Å²) >= 11 is 0. The lowest BCUT2D eigenvalue weighted by Crippen LogP contribution is -2.12. The summed E-state index contributed by atoms with van der Waals surface area (Å²) in [7, 11) is 1.49. The Morgan fingerprint density at radius 3 is 2.38 bits per heavy atom. The van der Waals surface area contributed by atoms with Crippen LogP contribution in [-0.4, -0.2) is 17.1 Å². The number of pyridine rings is 2. The van der Waals surface area contributed by atoms with Crippen molar-refractivity contribution in [2.75, 3.05) is 7.11 Å². The third-order valence-electron chi connectivity index (χ3n) is 6.58. The summed E-state index contributed by atoms with van der Waals surface area (Å²) in [5.41, 5.74) is 5.31. The molecule has 0 bridgehead atoms. The first-order valence-electron chi connectivity index (χ1n) is 12.8. The summed E-state index contributed by atoms with van der Waals surface area (Å²) in [4.78, 5) is 9.28. The Hall–Kier alpha value is -4.45. The Balaban J connectivity index is 1.67. The maximum Gasteiger partial charge on any atom is 0.169 e. The van der Waals surface area contributed by atoms with E-state index in [4.69, 9.17) is 19.2 Å². The summed E-state index contributed by atoms with van der Waals surface area (Å²) in [6, 6.07) is 22.2. The Labute approximate surface area is 228 Å². The number of hydrogen-bond acceptors (Lipinski definition) is 5. The molecule has 5 nitrogen and oxygen atoms in total. The molecule has 2 heterocycles. The predicted molar refractivity (Wildman–Crippen MR) is 152 cm³/mol. The van der Waals surface area contributed by atoms with Crippen LogP contribution in [0.4, 0.5) is 4.39 Å². The van der Waals surface area contributed by atoms with E-state index in [1.165, 1.54) is 19.2 Å². The number of ether oxygens (including phenoxy) is 3. The molecule has 0 fully saturated rings. The minimum atomic E-state index is -0.399. The molecule has 0 spiro atoms. The first-order chi connectivity index (χ1) is 18.7. The largest absolute Gasteiger partial charge is 0.493 e. The second-order valence-corrected chi connectivity index (χ2v) is 10.5. The van der Waals surface area contributed by atoms with Crippen LogP contribution < -0.4 is 14.2 Å². The minimum Gasteiger partial charge on any atom is -0.493 e. The van der Waals surface area contributed by atoms with E-state index in [0.29, 0.717) is 35.3 Å². The van der Waals surface area contributed by atoms with Gasteiger partial charge in [0, 0.05) is 30.1 Å². The molecule has 2 aromatic heterocycles. The SMILES string of the molecule is COc1cc(F)ccc1Oc1cc(C(C)(C)C)cc(C)c1-c1cc(OCc2ccccc2)c2cnccc2n1. The fourth-order valence-corrected chi connectivity index (χ4v) is 4.46. The number of halogens is 1. The van der Waals surface area contributed by atoms with Gasteiger partial charge in [0.1, 0.15) is 23.9 Å². The average molecular weight is 523 g/mol. The van der Waals surface area contributed by atoms with E-state index in [9.17, 15) is 4.39 Å². The molecule has 0 aliphatic carbocycles. The standard InChI is InChI=1S/C33H31FN2O3/c1-21-15-23(33(2,3)4)16-31(39-28-12-11-24(34)17-30(28)37-5)32(21)27-18-29(25-19-35-14-13-26(25)36-27)38-20-22-9-7-6-8-10-22/h6-19H,20H2,1-5H3. The predicted octanol–water partition coefficient (Wildman–Crippen LogP) is 8.42. The van der Waals surface area contributed by atoms with Gasteiger partial charge in [-0.05, 0) is 53.3 Å². The van der Waals surface area contributed by atoms with Crippen LogP contribution in [-0.2, 0) is 12.0 Å². The molecule has 6 heteroatoms. The first kappa shape index (κ1) is 26.2. The van der Waals surface area contributed by atoms with E-state index in [1.54, 1.807) is 18.5 Å². The van der Waals surface area contributed by atoms with Gasteiger partial charge in [-0.25, -0.2) is 9.37 Å². The van der Waals surface area contributed by atoms with Gasteiger partial charge in [0.2, 0.25) is 0 Å². The number of hydrogen-bond donors (Lipinski definition) is 0. The van der Waals surface area contributed by atoms with Gasteiger partial charge in [0.15, 0.2) is 11.5 Å². The van der Waals surface area contributed by atoms with Crippen LogP contribution in [0.3, 0.4) is 0 Å². The van der Waals surface area contributed by atoms with Crippen LogP contribution >= 0.6 is 0 Å². The molecule has 198 valence electrons. The third-order valence-corrected chi connectivity index (χ3v) is 6.58. The number of rotatable bonds is 7. The molecule has 0 saturated carbocycles. The van der Waals surface area contributed by atoms with E-state index in [0.717, 1.165) is 33.2 Å². The van der Waals surface area contributed by atoms with Crippen molar-refractivity contribution in [1.29, 1.82) is 0 Å². The molecule has 0 amide bonds. The van der Waals surface area contributed by atoms with Crippen LogP contribution in [0, 0.1) is 12.7 Å².